The summed E-state index contributed by atoms with van der Waals surface area (Å²) in [6.07, 6.45) is 7.38. The molecule has 0 aliphatic heterocycles. The predicted molar refractivity (Wildman–Crippen MR) is 68.9 cm³/mol. The summed E-state index contributed by atoms with van der Waals surface area (Å²) >= 11 is 0. The molecule has 3 unspecified atom stereocenters. The largest absolute Gasteiger partial charge is 0.0628 e. The maximum atomic E-state index is 2.48. The van der Waals surface area contributed by atoms with Crippen LogP contribution in [0.25, 0.3) is 0 Å². The van der Waals surface area contributed by atoms with E-state index in [1.807, 2.05) is 0 Å². The fourth-order valence-corrected chi connectivity index (χ4v) is 3.01. The Hall–Kier alpha value is 0. The molecule has 1 aliphatic rings. The van der Waals surface area contributed by atoms with Crippen molar-refractivity contribution in [3.05, 3.63) is 0 Å². The molecule has 15 heavy (non-hydrogen) atoms. The van der Waals surface area contributed by atoms with Crippen molar-refractivity contribution in [1.29, 1.82) is 0 Å². The van der Waals surface area contributed by atoms with Gasteiger partial charge in [-0.15, -0.1) is 0 Å². The second-order valence-electron chi connectivity index (χ2n) is 6.53. The first kappa shape index (κ1) is 13.1. The van der Waals surface area contributed by atoms with E-state index in [0.717, 1.165) is 29.6 Å². The van der Waals surface area contributed by atoms with Crippen LogP contribution in [0.2, 0.25) is 0 Å². The Kier molecular flexibility index (Phi) is 5.15. The van der Waals surface area contributed by atoms with Crippen molar-refractivity contribution in [2.45, 2.75) is 66.7 Å². The minimum absolute atomic E-state index is 0.884. The molecule has 1 fully saturated rings. The summed E-state index contributed by atoms with van der Waals surface area (Å²) in [5.74, 6) is 4.82. The molecule has 0 saturated heterocycles. The first-order chi connectivity index (χ1) is 7.00. The highest BCUT2D eigenvalue weighted by Crippen LogP contribution is 2.40. The van der Waals surface area contributed by atoms with Gasteiger partial charge < -0.3 is 0 Å². The van der Waals surface area contributed by atoms with E-state index in [-0.39, 0.29) is 0 Å². The van der Waals surface area contributed by atoms with Crippen molar-refractivity contribution in [1.82, 2.24) is 0 Å². The molecule has 0 heterocycles. The molecular formula is C15H30. The number of rotatable bonds is 5. The van der Waals surface area contributed by atoms with Crippen molar-refractivity contribution < 1.29 is 0 Å². The first-order valence-corrected chi connectivity index (χ1v) is 7.00. The Balaban J connectivity index is 2.27. The van der Waals surface area contributed by atoms with Crippen LogP contribution in [0.15, 0.2) is 0 Å². The molecule has 0 spiro atoms. The molecule has 0 aromatic heterocycles. The van der Waals surface area contributed by atoms with Gasteiger partial charge in [-0.3, -0.25) is 0 Å². The van der Waals surface area contributed by atoms with Gasteiger partial charge in [0.2, 0.25) is 0 Å². The summed E-state index contributed by atoms with van der Waals surface area (Å²) in [5, 5.41) is 0. The monoisotopic (exact) mass is 210 g/mol. The first-order valence-electron chi connectivity index (χ1n) is 7.00. The van der Waals surface area contributed by atoms with Crippen molar-refractivity contribution >= 4 is 0 Å². The molecule has 1 rings (SSSR count). The van der Waals surface area contributed by atoms with E-state index in [0.29, 0.717) is 0 Å². The molecule has 90 valence electrons. The Bertz CT molecular complexity index is 169. The summed E-state index contributed by atoms with van der Waals surface area (Å²) in [7, 11) is 0. The summed E-state index contributed by atoms with van der Waals surface area (Å²) in [4.78, 5) is 0. The maximum absolute atomic E-state index is 2.48. The molecule has 0 bridgehead atoms. The van der Waals surface area contributed by atoms with Gasteiger partial charge in [-0.05, 0) is 48.9 Å². The molecular weight excluding hydrogens is 180 g/mol. The van der Waals surface area contributed by atoms with E-state index in [4.69, 9.17) is 0 Å². The van der Waals surface area contributed by atoms with E-state index in [2.05, 4.69) is 34.6 Å². The van der Waals surface area contributed by atoms with Crippen LogP contribution in [0.5, 0.6) is 0 Å². The van der Waals surface area contributed by atoms with Gasteiger partial charge in [0.15, 0.2) is 0 Å². The molecule has 0 nitrogen and oxygen atoms in total. The lowest BCUT2D eigenvalue weighted by molar-refractivity contribution is 0.297. The van der Waals surface area contributed by atoms with Crippen LogP contribution in [0.4, 0.5) is 0 Å². The van der Waals surface area contributed by atoms with Crippen molar-refractivity contribution in [3.63, 3.8) is 0 Å². The smallest absolute Gasteiger partial charge is 0.0386 e. The van der Waals surface area contributed by atoms with Crippen LogP contribution >= 0.6 is 0 Å². The average Bonchev–Trinajstić information content (AvgIpc) is 2.62. The van der Waals surface area contributed by atoms with Gasteiger partial charge in [-0.2, -0.15) is 0 Å². The molecule has 0 aromatic rings. The summed E-state index contributed by atoms with van der Waals surface area (Å²) in [6, 6.07) is 0. The van der Waals surface area contributed by atoms with Gasteiger partial charge in [0.05, 0.1) is 0 Å². The zero-order valence-corrected chi connectivity index (χ0v) is 11.4. The van der Waals surface area contributed by atoms with Crippen LogP contribution < -0.4 is 0 Å². The zero-order chi connectivity index (χ0) is 11.4. The molecule has 0 aromatic carbocycles. The van der Waals surface area contributed by atoms with Crippen molar-refractivity contribution in [2.75, 3.05) is 0 Å². The topological polar surface area (TPSA) is 0 Å². The summed E-state index contributed by atoms with van der Waals surface area (Å²) in [5.41, 5.74) is 0. The maximum Gasteiger partial charge on any atom is -0.0386 e. The summed E-state index contributed by atoms with van der Waals surface area (Å²) in [6.45, 7) is 12.0. The van der Waals surface area contributed by atoms with Crippen molar-refractivity contribution in [2.24, 2.45) is 29.6 Å². The second-order valence-corrected chi connectivity index (χ2v) is 6.53. The Morgan fingerprint density at radius 1 is 0.867 bits per heavy atom. The summed E-state index contributed by atoms with van der Waals surface area (Å²) < 4.78 is 0. The standard InChI is InChI=1S/C15H30/c1-11(2)6-7-13(5)15-9-8-14(10-15)12(3)4/h11-15H,6-10H2,1-5H3. The van der Waals surface area contributed by atoms with Gasteiger partial charge in [-0.25, -0.2) is 0 Å². The number of hydrogen-bond donors (Lipinski definition) is 0. The molecule has 3 atom stereocenters. The van der Waals surface area contributed by atoms with Gasteiger partial charge in [-0.1, -0.05) is 47.5 Å². The van der Waals surface area contributed by atoms with Gasteiger partial charge in [0, 0.05) is 0 Å². The van der Waals surface area contributed by atoms with Gasteiger partial charge in [0.1, 0.15) is 0 Å². The molecule has 0 radical (unpaired) electrons. The van der Waals surface area contributed by atoms with Crippen LogP contribution in [0, 0.1) is 29.6 Å². The van der Waals surface area contributed by atoms with Crippen molar-refractivity contribution in [3.8, 4) is 0 Å². The van der Waals surface area contributed by atoms with E-state index in [1.165, 1.54) is 32.1 Å². The lowest BCUT2D eigenvalue weighted by Crippen LogP contribution is -2.11. The lowest BCUT2D eigenvalue weighted by Gasteiger charge is -2.21. The van der Waals surface area contributed by atoms with E-state index in [1.54, 1.807) is 0 Å². The highest BCUT2D eigenvalue weighted by atomic mass is 14.3. The fraction of sp³-hybridized carbons (Fsp3) is 1.00. The predicted octanol–water partition coefficient (Wildman–Crippen LogP) is 5.13. The molecule has 0 heteroatoms. The zero-order valence-electron chi connectivity index (χ0n) is 11.4. The SMILES string of the molecule is CC(C)CCC(C)C1CCC(C(C)C)C1. The highest BCUT2D eigenvalue weighted by Gasteiger charge is 2.29. The quantitative estimate of drug-likeness (QED) is 0.590. The highest BCUT2D eigenvalue weighted by molar-refractivity contribution is 4.80. The Labute approximate surface area is 96.8 Å². The van der Waals surface area contributed by atoms with Crippen LogP contribution in [0.1, 0.15) is 66.7 Å². The van der Waals surface area contributed by atoms with Gasteiger partial charge in [0.25, 0.3) is 0 Å². The fourth-order valence-electron chi connectivity index (χ4n) is 3.01. The lowest BCUT2D eigenvalue weighted by atomic mass is 9.85. The van der Waals surface area contributed by atoms with E-state index in [9.17, 15) is 0 Å². The van der Waals surface area contributed by atoms with Crippen LogP contribution in [-0.2, 0) is 0 Å². The Morgan fingerprint density at radius 2 is 1.47 bits per heavy atom. The second kappa shape index (κ2) is 5.92. The van der Waals surface area contributed by atoms with E-state index >= 15 is 0 Å². The normalized spacial score (nSPS) is 29.0. The third kappa shape index (κ3) is 4.17. The third-order valence-corrected chi connectivity index (χ3v) is 4.46. The molecule has 0 N–H and O–H groups in total. The minimum atomic E-state index is 0.884. The van der Waals surface area contributed by atoms with E-state index < -0.39 is 0 Å². The number of hydrogen-bond acceptors (Lipinski definition) is 0. The molecule has 1 saturated carbocycles. The van der Waals surface area contributed by atoms with Crippen LogP contribution in [-0.4, -0.2) is 0 Å². The average molecular weight is 210 g/mol. The molecule has 1 aliphatic carbocycles. The van der Waals surface area contributed by atoms with Gasteiger partial charge >= 0.3 is 0 Å². The minimum Gasteiger partial charge on any atom is -0.0628 e. The van der Waals surface area contributed by atoms with Crippen LogP contribution in [0.3, 0.4) is 0 Å². The third-order valence-electron chi connectivity index (χ3n) is 4.46. The molecule has 0 amide bonds. The Morgan fingerprint density at radius 3 is 1.93 bits per heavy atom.